The van der Waals surface area contributed by atoms with Crippen LogP contribution in [0.5, 0.6) is 0 Å². The maximum Gasteiger partial charge on any atom is 0.319 e. The normalized spacial score (nSPS) is 11.1. The van der Waals surface area contributed by atoms with Gasteiger partial charge in [-0.15, -0.1) is 0 Å². The fourth-order valence-electron chi connectivity index (χ4n) is 2.61. The Bertz CT molecular complexity index is 1210. The average Bonchev–Trinajstić information content (AvgIpc) is 2.68. The Morgan fingerprint density at radius 3 is 2.30 bits per heavy atom. The number of carboxylic acid groups (broad SMARTS) is 1. The lowest BCUT2D eigenvalue weighted by molar-refractivity contribution is -0.134. The van der Waals surface area contributed by atoms with E-state index in [4.69, 9.17) is 10.8 Å². The molecule has 0 radical (unpaired) electrons. The summed E-state index contributed by atoms with van der Waals surface area (Å²) in [5, 5.41) is 11.3. The zero-order valence-corrected chi connectivity index (χ0v) is 16.7. The van der Waals surface area contributed by atoms with E-state index in [1.165, 1.54) is 30.5 Å². The number of nitrogens with one attached hydrogen (secondary N) is 1. The zero-order chi connectivity index (χ0) is 21.9. The molecule has 0 aliphatic carbocycles. The standard InChI is InChI=1S/C20H18N4O5S/c1-12-2-4-13(5-3-12)16-10-22-19(21)18(24-16)20(27)23-14-6-8-15(9-7-14)30(28,29)11-17(25)26/h2-10H,11H2,1H3,(H2,21,22)(H,23,27)(H,25,26). The number of benzene rings is 2. The van der Waals surface area contributed by atoms with Gasteiger partial charge in [0, 0.05) is 11.3 Å². The van der Waals surface area contributed by atoms with E-state index in [0.29, 0.717) is 5.69 Å². The van der Waals surface area contributed by atoms with Crippen LogP contribution in [-0.2, 0) is 14.6 Å². The van der Waals surface area contributed by atoms with Crippen LogP contribution >= 0.6 is 0 Å². The summed E-state index contributed by atoms with van der Waals surface area (Å²) >= 11 is 0. The van der Waals surface area contributed by atoms with Gasteiger partial charge in [0.2, 0.25) is 0 Å². The number of nitrogens with zero attached hydrogens (tertiary/aromatic N) is 2. The Balaban J connectivity index is 1.81. The number of sulfone groups is 1. The van der Waals surface area contributed by atoms with Gasteiger partial charge in [0.25, 0.3) is 5.91 Å². The van der Waals surface area contributed by atoms with Gasteiger partial charge < -0.3 is 16.2 Å². The van der Waals surface area contributed by atoms with Gasteiger partial charge >= 0.3 is 5.97 Å². The van der Waals surface area contributed by atoms with E-state index < -0.39 is 27.5 Å². The molecule has 0 spiro atoms. The number of nitrogen functional groups attached to an aromatic ring is 1. The minimum Gasteiger partial charge on any atom is -0.480 e. The maximum absolute atomic E-state index is 12.6. The minimum atomic E-state index is -3.96. The fraction of sp³-hybridized carbons (Fsp3) is 0.100. The molecule has 1 aromatic heterocycles. The molecule has 3 rings (SSSR count). The first kappa shape index (κ1) is 20.9. The molecule has 1 amide bonds. The summed E-state index contributed by atoms with van der Waals surface area (Å²) < 4.78 is 23.9. The number of carboxylic acids is 1. The summed E-state index contributed by atoms with van der Waals surface area (Å²) in [6.07, 6.45) is 1.47. The Kier molecular flexibility index (Phi) is 5.79. The lowest BCUT2D eigenvalue weighted by Crippen LogP contribution is -2.18. The number of rotatable bonds is 6. The smallest absolute Gasteiger partial charge is 0.319 e. The van der Waals surface area contributed by atoms with Gasteiger partial charge in [0.1, 0.15) is 0 Å². The van der Waals surface area contributed by atoms with Crippen molar-refractivity contribution >= 4 is 33.2 Å². The second-order valence-corrected chi connectivity index (χ2v) is 8.48. The van der Waals surface area contributed by atoms with Crippen LogP contribution in [-0.4, -0.2) is 41.1 Å². The van der Waals surface area contributed by atoms with Gasteiger partial charge in [-0.25, -0.2) is 18.4 Å². The van der Waals surface area contributed by atoms with Crippen molar-refractivity contribution in [1.29, 1.82) is 0 Å². The predicted octanol–water partition coefficient (Wildman–Crippen LogP) is 2.14. The largest absolute Gasteiger partial charge is 0.480 e. The molecule has 0 aliphatic rings. The van der Waals surface area contributed by atoms with Crippen LogP contribution in [0.15, 0.2) is 59.6 Å². The van der Waals surface area contributed by atoms with Crippen molar-refractivity contribution in [2.45, 2.75) is 11.8 Å². The molecule has 0 bridgehead atoms. The van der Waals surface area contributed by atoms with Gasteiger partial charge in [0.05, 0.1) is 16.8 Å². The SMILES string of the molecule is Cc1ccc(-c2cnc(N)c(C(=O)Nc3ccc(S(=O)(=O)CC(=O)O)cc3)n2)cc1. The molecule has 1 heterocycles. The van der Waals surface area contributed by atoms with E-state index in [2.05, 4.69) is 15.3 Å². The Morgan fingerprint density at radius 2 is 1.70 bits per heavy atom. The van der Waals surface area contributed by atoms with Crippen LogP contribution in [0.4, 0.5) is 11.5 Å². The monoisotopic (exact) mass is 426 g/mol. The zero-order valence-electron chi connectivity index (χ0n) is 15.9. The van der Waals surface area contributed by atoms with Gasteiger partial charge in [-0.2, -0.15) is 0 Å². The number of aromatic nitrogens is 2. The molecule has 0 unspecified atom stereocenters. The van der Waals surface area contributed by atoms with E-state index in [9.17, 15) is 18.0 Å². The van der Waals surface area contributed by atoms with Crippen molar-refractivity contribution < 1.29 is 23.1 Å². The van der Waals surface area contributed by atoms with Crippen molar-refractivity contribution in [3.05, 3.63) is 66.0 Å². The maximum atomic E-state index is 12.6. The summed E-state index contributed by atoms with van der Waals surface area (Å²) in [5.74, 6) is -3.13. The number of carbonyl (C=O) groups excluding carboxylic acids is 1. The van der Waals surface area contributed by atoms with E-state index in [0.717, 1.165) is 11.1 Å². The molecule has 30 heavy (non-hydrogen) atoms. The highest BCUT2D eigenvalue weighted by Crippen LogP contribution is 2.21. The van der Waals surface area contributed by atoms with Crippen molar-refractivity contribution in [2.75, 3.05) is 16.8 Å². The highest BCUT2D eigenvalue weighted by atomic mass is 32.2. The number of carbonyl (C=O) groups is 2. The number of hydrogen-bond acceptors (Lipinski definition) is 7. The van der Waals surface area contributed by atoms with Crippen LogP contribution in [0.2, 0.25) is 0 Å². The van der Waals surface area contributed by atoms with E-state index in [1.807, 2.05) is 31.2 Å². The Morgan fingerprint density at radius 1 is 1.07 bits per heavy atom. The molecular weight excluding hydrogens is 408 g/mol. The number of anilines is 2. The molecule has 3 aromatic rings. The van der Waals surface area contributed by atoms with Gasteiger partial charge in [-0.3, -0.25) is 9.59 Å². The van der Waals surface area contributed by atoms with Crippen LogP contribution < -0.4 is 11.1 Å². The van der Waals surface area contributed by atoms with Crippen LogP contribution in [0, 0.1) is 6.92 Å². The van der Waals surface area contributed by atoms with E-state index >= 15 is 0 Å². The van der Waals surface area contributed by atoms with Crippen molar-refractivity contribution in [2.24, 2.45) is 0 Å². The van der Waals surface area contributed by atoms with Crippen molar-refractivity contribution in [1.82, 2.24) is 9.97 Å². The number of aryl methyl sites for hydroxylation is 1. The summed E-state index contributed by atoms with van der Waals surface area (Å²) in [6.45, 7) is 1.95. The first-order valence-corrected chi connectivity index (χ1v) is 10.4. The lowest BCUT2D eigenvalue weighted by atomic mass is 10.1. The second-order valence-electron chi connectivity index (χ2n) is 6.49. The second kappa shape index (κ2) is 8.29. The first-order valence-electron chi connectivity index (χ1n) is 8.71. The van der Waals surface area contributed by atoms with Crippen LogP contribution in [0.3, 0.4) is 0 Å². The van der Waals surface area contributed by atoms with Crippen LogP contribution in [0.1, 0.15) is 16.1 Å². The molecule has 0 saturated heterocycles. The molecule has 154 valence electrons. The molecule has 0 saturated carbocycles. The topological polar surface area (TPSA) is 152 Å². The molecule has 10 heteroatoms. The third kappa shape index (κ3) is 4.78. The molecule has 2 aromatic carbocycles. The summed E-state index contributed by atoms with van der Waals surface area (Å²) in [4.78, 5) is 31.5. The Hall–Kier alpha value is -3.79. The number of aliphatic carboxylic acids is 1. The molecule has 0 aliphatic heterocycles. The molecule has 4 N–H and O–H groups in total. The van der Waals surface area contributed by atoms with Crippen LogP contribution in [0.25, 0.3) is 11.3 Å². The highest BCUT2D eigenvalue weighted by Gasteiger charge is 2.19. The van der Waals surface area contributed by atoms with E-state index in [1.54, 1.807) is 0 Å². The number of nitrogens with two attached hydrogens (primary N) is 1. The third-order valence-corrected chi connectivity index (χ3v) is 5.77. The van der Waals surface area contributed by atoms with Gasteiger partial charge in [-0.1, -0.05) is 29.8 Å². The predicted molar refractivity (Wildman–Crippen MR) is 111 cm³/mol. The number of hydrogen-bond donors (Lipinski definition) is 3. The van der Waals surface area contributed by atoms with Crippen molar-refractivity contribution in [3.8, 4) is 11.3 Å². The quantitative estimate of drug-likeness (QED) is 0.542. The first-order chi connectivity index (χ1) is 14.2. The minimum absolute atomic E-state index is 0.0518. The van der Waals surface area contributed by atoms with Gasteiger partial charge in [-0.05, 0) is 31.2 Å². The summed E-state index contributed by atoms with van der Waals surface area (Å²) in [7, 11) is -3.96. The fourth-order valence-corrected chi connectivity index (χ4v) is 3.65. The average molecular weight is 426 g/mol. The van der Waals surface area contributed by atoms with Gasteiger partial charge in [0.15, 0.2) is 27.1 Å². The van der Waals surface area contributed by atoms with Crippen molar-refractivity contribution in [3.63, 3.8) is 0 Å². The lowest BCUT2D eigenvalue weighted by Gasteiger charge is -2.09. The third-order valence-electron chi connectivity index (χ3n) is 4.15. The highest BCUT2D eigenvalue weighted by molar-refractivity contribution is 7.92. The molecular formula is C20H18N4O5S. The summed E-state index contributed by atoms with van der Waals surface area (Å²) in [5.41, 5.74) is 8.35. The molecule has 9 nitrogen and oxygen atoms in total. The summed E-state index contributed by atoms with van der Waals surface area (Å²) in [6, 6.07) is 12.7. The Labute approximate surface area is 172 Å². The number of amides is 1. The molecule has 0 atom stereocenters. The molecule has 0 fully saturated rings. The van der Waals surface area contributed by atoms with E-state index in [-0.39, 0.29) is 22.1 Å².